The highest BCUT2D eigenvalue weighted by atomic mass is 32.2. The van der Waals surface area contributed by atoms with Gasteiger partial charge in [-0.25, -0.2) is 9.37 Å². The van der Waals surface area contributed by atoms with Crippen LogP contribution in [0.25, 0.3) is 0 Å². The van der Waals surface area contributed by atoms with Crippen LogP contribution in [0.3, 0.4) is 0 Å². The minimum atomic E-state index is -0.581. The van der Waals surface area contributed by atoms with Crippen LogP contribution in [0.1, 0.15) is 54.9 Å². The van der Waals surface area contributed by atoms with Crippen molar-refractivity contribution in [1.82, 2.24) is 9.97 Å². The second-order valence-corrected chi connectivity index (χ2v) is 10.8. The van der Waals surface area contributed by atoms with E-state index in [1.807, 2.05) is 25.1 Å². The quantitative estimate of drug-likeness (QED) is 0.373. The van der Waals surface area contributed by atoms with Crippen LogP contribution in [-0.2, 0) is 10.5 Å². The maximum absolute atomic E-state index is 13.7. The Morgan fingerprint density at radius 1 is 1.12 bits per heavy atom. The van der Waals surface area contributed by atoms with Gasteiger partial charge in [0.15, 0.2) is 10.9 Å². The van der Waals surface area contributed by atoms with Gasteiger partial charge in [0.05, 0.1) is 5.56 Å². The zero-order valence-corrected chi connectivity index (χ0v) is 20.2. The molecule has 7 heteroatoms. The Morgan fingerprint density at radius 3 is 2.62 bits per heavy atom. The molecule has 1 unspecified atom stereocenters. The van der Waals surface area contributed by atoms with Crippen molar-refractivity contribution in [1.29, 1.82) is 0 Å². The summed E-state index contributed by atoms with van der Waals surface area (Å²) in [6.45, 7) is 6.17. The van der Waals surface area contributed by atoms with Crippen molar-refractivity contribution in [3.05, 3.63) is 98.2 Å². The smallest absolute Gasteiger partial charge is 0.257 e. The monoisotopic (exact) mass is 475 g/mol. The van der Waals surface area contributed by atoms with Gasteiger partial charge >= 0.3 is 0 Å². The van der Waals surface area contributed by atoms with E-state index in [0.717, 1.165) is 11.3 Å². The number of anilines is 1. The number of hydrogen-bond acceptors (Lipinski definition) is 5. The second kappa shape index (κ2) is 8.55. The van der Waals surface area contributed by atoms with E-state index >= 15 is 0 Å². The first-order valence-corrected chi connectivity index (χ1v) is 12.3. The number of H-pyrrole nitrogens is 1. The Balaban J connectivity index is 1.58. The summed E-state index contributed by atoms with van der Waals surface area (Å²) in [4.78, 5) is 34.3. The van der Waals surface area contributed by atoms with Crippen LogP contribution in [0.15, 0.2) is 69.8 Å². The molecule has 5 rings (SSSR count). The molecule has 2 heterocycles. The van der Waals surface area contributed by atoms with E-state index in [2.05, 4.69) is 30.2 Å². The summed E-state index contributed by atoms with van der Waals surface area (Å²) in [5, 5.41) is 3.84. The zero-order chi connectivity index (χ0) is 24.0. The van der Waals surface area contributed by atoms with Crippen molar-refractivity contribution in [3.63, 3.8) is 0 Å². The Labute approximate surface area is 201 Å². The van der Waals surface area contributed by atoms with Crippen LogP contribution >= 0.6 is 11.8 Å². The molecule has 0 amide bonds. The lowest BCUT2D eigenvalue weighted by atomic mass is 9.69. The van der Waals surface area contributed by atoms with E-state index in [-0.39, 0.29) is 22.6 Å². The van der Waals surface area contributed by atoms with Gasteiger partial charge in [-0.05, 0) is 42.0 Å². The maximum atomic E-state index is 13.7. The molecule has 0 spiro atoms. The first-order chi connectivity index (χ1) is 16.2. The molecule has 2 aromatic carbocycles. The van der Waals surface area contributed by atoms with Crippen LogP contribution in [0.5, 0.6) is 0 Å². The molecule has 0 bridgehead atoms. The number of allylic oxidation sites excluding steroid dienone is 2. The van der Waals surface area contributed by atoms with Gasteiger partial charge in [0, 0.05) is 29.4 Å². The molecule has 3 aromatic rings. The minimum Gasteiger partial charge on any atom is -0.343 e. The number of carbonyl (C=O) groups is 1. The van der Waals surface area contributed by atoms with Crippen molar-refractivity contribution >= 4 is 23.4 Å². The molecule has 5 nitrogen and oxygen atoms in total. The summed E-state index contributed by atoms with van der Waals surface area (Å²) in [6.07, 6.45) is 1.07. The van der Waals surface area contributed by atoms with Crippen LogP contribution in [0.2, 0.25) is 0 Å². The third-order valence-corrected chi connectivity index (χ3v) is 7.31. The molecular formula is C27H26FN3O2S. The van der Waals surface area contributed by atoms with E-state index in [9.17, 15) is 14.0 Å². The molecule has 2 aliphatic rings. The predicted octanol–water partition coefficient (Wildman–Crippen LogP) is 5.71. The molecule has 0 radical (unpaired) electrons. The number of ketones is 1. The molecule has 0 fully saturated rings. The third-order valence-electron chi connectivity index (χ3n) is 6.36. The van der Waals surface area contributed by atoms with Gasteiger partial charge in [0.25, 0.3) is 5.56 Å². The average molecular weight is 476 g/mol. The number of hydrogen-bond donors (Lipinski definition) is 2. The van der Waals surface area contributed by atoms with Crippen molar-refractivity contribution < 1.29 is 9.18 Å². The van der Waals surface area contributed by atoms with Gasteiger partial charge in [-0.2, -0.15) is 0 Å². The molecule has 1 aromatic heterocycles. The van der Waals surface area contributed by atoms with Gasteiger partial charge in [0.2, 0.25) is 0 Å². The highest BCUT2D eigenvalue weighted by molar-refractivity contribution is 7.98. The minimum absolute atomic E-state index is 0.0102. The largest absolute Gasteiger partial charge is 0.343 e. The lowest BCUT2D eigenvalue weighted by Gasteiger charge is -2.38. The topological polar surface area (TPSA) is 74.8 Å². The number of aromatic nitrogens is 2. The van der Waals surface area contributed by atoms with Gasteiger partial charge in [0.1, 0.15) is 11.6 Å². The molecule has 34 heavy (non-hydrogen) atoms. The molecule has 2 N–H and O–H groups in total. The number of carbonyl (C=O) groups excluding carboxylic acids is 1. The van der Waals surface area contributed by atoms with E-state index in [0.29, 0.717) is 46.3 Å². The molecular weight excluding hydrogens is 449 g/mol. The number of benzene rings is 2. The fourth-order valence-corrected chi connectivity index (χ4v) is 5.71. The number of Topliss-reactive ketones (excluding diaryl/α,β-unsaturated/α-hetero) is 1. The van der Waals surface area contributed by atoms with Gasteiger partial charge < -0.3 is 10.3 Å². The number of nitrogens with zero attached hydrogens (tertiary/aromatic N) is 1. The third kappa shape index (κ3) is 4.32. The highest BCUT2D eigenvalue weighted by Gasteiger charge is 2.42. The second-order valence-electron chi connectivity index (χ2n) is 9.85. The maximum Gasteiger partial charge on any atom is 0.257 e. The van der Waals surface area contributed by atoms with Crippen LogP contribution in [-0.4, -0.2) is 15.8 Å². The van der Waals surface area contributed by atoms with E-state index < -0.39 is 5.92 Å². The van der Waals surface area contributed by atoms with E-state index in [1.54, 1.807) is 12.1 Å². The van der Waals surface area contributed by atoms with Crippen LogP contribution < -0.4 is 10.9 Å². The summed E-state index contributed by atoms with van der Waals surface area (Å²) in [6, 6.07) is 14.2. The Kier molecular flexibility index (Phi) is 5.68. The highest BCUT2D eigenvalue weighted by Crippen LogP contribution is 2.47. The fourth-order valence-electron chi connectivity index (χ4n) is 4.90. The fraction of sp³-hybridized carbons (Fsp3) is 0.296. The summed E-state index contributed by atoms with van der Waals surface area (Å²) in [5.41, 5.74) is 4.34. The standard InChI is InChI=1S/C27H26FN3O2S/c1-15-5-4-6-16(11-15)14-34-26-30-24-23(25(33)31-26)21(17-7-9-18(28)10-8-17)22-19(29-24)12-27(2,3)13-20(22)32/h4-11,21H,12-14H2,1-3H3,(H2,29,30,31,33). The first kappa shape index (κ1) is 22.6. The van der Waals surface area contributed by atoms with E-state index in [1.165, 1.54) is 29.5 Å². The lowest BCUT2D eigenvalue weighted by molar-refractivity contribution is -0.118. The van der Waals surface area contributed by atoms with E-state index in [4.69, 9.17) is 4.98 Å². The average Bonchev–Trinajstić information content (AvgIpc) is 2.76. The molecule has 0 saturated carbocycles. The van der Waals surface area contributed by atoms with Gasteiger partial charge in [-0.1, -0.05) is 67.6 Å². The Morgan fingerprint density at radius 2 is 1.88 bits per heavy atom. The van der Waals surface area contributed by atoms with Crippen molar-refractivity contribution in [2.24, 2.45) is 5.41 Å². The van der Waals surface area contributed by atoms with Crippen LogP contribution in [0, 0.1) is 18.2 Å². The SMILES string of the molecule is Cc1cccc(CSc2nc3c(c(=O)[nH]2)C(c2ccc(F)cc2)C2=C(CC(C)(C)CC2=O)N3)c1. The van der Waals surface area contributed by atoms with Crippen molar-refractivity contribution in [2.75, 3.05) is 5.32 Å². The van der Waals surface area contributed by atoms with Gasteiger partial charge in [-0.3, -0.25) is 9.59 Å². The number of thioether (sulfide) groups is 1. The normalized spacial score (nSPS) is 18.8. The van der Waals surface area contributed by atoms with Gasteiger partial charge in [-0.15, -0.1) is 0 Å². The Hall–Kier alpha value is -3.19. The van der Waals surface area contributed by atoms with Crippen molar-refractivity contribution in [3.8, 4) is 0 Å². The first-order valence-electron chi connectivity index (χ1n) is 11.3. The number of aromatic amines is 1. The number of rotatable bonds is 4. The van der Waals surface area contributed by atoms with Crippen molar-refractivity contribution in [2.45, 2.75) is 50.4 Å². The van der Waals surface area contributed by atoms with Crippen LogP contribution in [0.4, 0.5) is 10.2 Å². The molecule has 1 aliphatic carbocycles. The number of fused-ring (bicyclic) bond motifs is 1. The zero-order valence-electron chi connectivity index (χ0n) is 19.4. The predicted molar refractivity (Wildman–Crippen MR) is 133 cm³/mol. The molecule has 1 atom stereocenters. The number of aryl methyl sites for hydroxylation is 1. The summed E-state index contributed by atoms with van der Waals surface area (Å²) in [7, 11) is 0. The molecule has 174 valence electrons. The Bertz CT molecular complexity index is 1380. The number of nitrogens with one attached hydrogen (secondary N) is 2. The molecule has 0 saturated heterocycles. The lowest BCUT2D eigenvalue weighted by Crippen LogP contribution is -2.37. The molecule has 1 aliphatic heterocycles. The number of halogens is 1. The summed E-state index contributed by atoms with van der Waals surface area (Å²) >= 11 is 1.46. The summed E-state index contributed by atoms with van der Waals surface area (Å²) < 4.78 is 13.7. The summed E-state index contributed by atoms with van der Waals surface area (Å²) in [5.74, 6) is 0.204.